The van der Waals surface area contributed by atoms with Crippen LogP contribution in [0.25, 0.3) is 0 Å². The van der Waals surface area contributed by atoms with Crippen LogP contribution in [0.15, 0.2) is 35.2 Å². The predicted octanol–water partition coefficient (Wildman–Crippen LogP) is 1.93. The Balaban J connectivity index is 1.73. The number of benzene rings is 1. The number of carbonyl (C=O) groups is 1. The Hall–Kier alpha value is -2.02. The van der Waals surface area contributed by atoms with Gasteiger partial charge < -0.3 is 4.74 Å². The molecule has 100 valence electrons. The summed E-state index contributed by atoms with van der Waals surface area (Å²) in [4.78, 5) is 16.7. The summed E-state index contributed by atoms with van der Waals surface area (Å²) in [6.45, 7) is 0. The summed E-state index contributed by atoms with van der Waals surface area (Å²) in [5, 5.41) is 8.93. The summed E-state index contributed by atoms with van der Waals surface area (Å²) in [7, 11) is 1.46. The quantitative estimate of drug-likeness (QED) is 0.789. The topological polar surface area (TPSA) is 79.9 Å². The van der Waals surface area contributed by atoms with Gasteiger partial charge in [-0.1, -0.05) is 18.2 Å². The standard InChI is InChI=1S/C12H14N4O2S/c1-18-12-14-11(15-16-12)13-10(17)7-8-19-9-5-3-2-4-6-9/h2-6H,7-8H2,1H3,(H2,13,14,15,16,17). The van der Waals surface area contributed by atoms with E-state index in [0.29, 0.717) is 18.1 Å². The van der Waals surface area contributed by atoms with Gasteiger partial charge in [-0.3, -0.25) is 10.1 Å². The van der Waals surface area contributed by atoms with Crippen LogP contribution in [0, 0.1) is 0 Å². The van der Waals surface area contributed by atoms with Gasteiger partial charge in [0.05, 0.1) is 7.11 Å². The van der Waals surface area contributed by atoms with Crippen LogP contribution >= 0.6 is 11.8 Å². The predicted molar refractivity (Wildman–Crippen MR) is 73.3 cm³/mol. The molecule has 1 aromatic carbocycles. The molecule has 2 rings (SSSR count). The van der Waals surface area contributed by atoms with Crippen molar-refractivity contribution in [3.63, 3.8) is 0 Å². The normalized spacial score (nSPS) is 10.2. The average molecular weight is 278 g/mol. The molecule has 0 saturated heterocycles. The summed E-state index contributed by atoms with van der Waals surface area (Å²) in [6, 6.07) is 10.2. The van der Waals surface area contributed by atoms with E-state index < -0.39 is 0 Å². The number of ether oxygens (including phenoxy) is 1. The van der Waals surface area contributed by atoms with Crippen LogP contribution in [0.2, 0.25) is 0 Å². The van der Waals surface area contributed by atoms with Crippen LogP contribution in [-0.2, 0) is 4.79 Å². The van der Waals surface area contributed by atoms with Gasteiger partial charge in [0.1, 0.15) is 0 Å². The van der Waals surface area contributed by atoms with Gasteiger partial charge in [-0.2, -0.15) is 4.98 Å². The first-order valence-electron chi connectivity index (χ1n) is 5.72. The average Bonchev–Trinajstić information content (AvgIpc) is 2.87. The lowest BCUT2D eigenvalue weighted by atomic mass is 10.4. The molecular formula is C12H14N4O2S. The number of carbonyl (C=O) groups excluding carboxylic acids is 1. The Morgan fingerprint density at radius 3 is 2.89 bits per heavy atom. The van der Waals surface area contributed by atoms with Crippen LogP contribution in [-0.4, -0.2) is 34.0 Å². The number of H-pyrrole nitrogens is 1. The lowest BCUT2D eigenvalue weighted by Crippen LogP contribution is -2.13. The molecule has 0 radical (unpaired) electrons. The van der Waals surface area contributed by atoms with E-state index >= 15 is 0 Å². The number of hydrogen-bond donors (Lipinski definition) is 2. The van der Waals surface area contributed by atoms with Crippen molar-refractivity contribution in [3.8, 4) is 6.01 Å². The van der Waals surface area contributed by atoms with Crippen LogP contribution in [0.3, 0.4) is 0 Å². The van der Waals surface area contributed by atoms with Crippen molar-refractivity contribution >= 4 is 23.6 Å². The number of aromatic amines is 1. The molecule has 1 aromatic heterocycles. The van der Waals surface area contributed by atoms with Crippen molar-refractivity contribution in [2.75, 3.05) is 18.2 Å². The number of aromatic nitrogens is 3. The van der Waals surface area contributed by atoms with Crippen molar-refractivity contribution in [2.24, 2.45) is 0 Å². The highest BCUT2D eigenvalue weighted by Gasteiger charge is 2.07. The Bertz CT molecular complexity index is 530. The number of nitrogens with one attached hydrogen (secondary N) is 2. The van der Waals surface area contributed by atoms with Crippen LogP contribution in [0.1, 0.15) is 6.42 Å². The third-order valence-corrected chi connectivity index (χ3v) is 3.26. The van der Waals surface area contributed by atoms with E-state index in [1.54, 1.807) is 11.8 Å². The van der Waals surface area contributed by atoms with Gasteiger partial charge >= 0.3 is 6.01 Å². The number of anilines is 1. The van der Waals surface area contributed by atoms with E-state index in [0.717, 1.165) is 4.90 Å². The van der Waals surface area contributed by atoms with Gasteiger partial charge in [0.15, 0.2) is 0 Å². The van der Waals surface area contributed by atoms with Crippen molar-refractivity contribution in [1.29, 1.82) is 0 Å². The second kappa shape index (κ2) is 6.79. The number of amides is 1. The third kappa shape index (κ3) is 4.29. The van der Waals surface area contributed by atoms with Gasteiger partial charge in [-0.15, -0.1) is 16.9 Å². The fourth-order valence-electron chi connectivity index (χ4n) is 1.37. The molecule has 0 spiro atoms. The maximum absolute atomic E-state index is 11.6. The Morgan fingerprint density at radius 1 is 1.42 bits per heavy atom. The first-order valence-corrected chi connectivity index (χ1v) is 6.70. The highest BCUT2D eigenvalue weighted by Crippen LogP contribution is 2.17. The largest absolute Gasteiger partial charge is 0.466 e. The molecule has 2 N–H and O–H groups in total. The highest BCUT2D eigenvalue weighted by atomic mass is 32.2. The molecule has 0 aliphatic heterocycles. The van der Waals surface area contributed by atoms with Crippen molar-refractivity contribution in [1.82, 2.24) is 15.2 Å². The highest BCUT2D eigenvalue weighted by molar-refractivity contribution is 7.99. The van der Waals surface area contributed by atoms with E-state index in [2.05, 4.69) is 20.5 Å². The number of methoxy groups -OCH3 is 1. The lowest BCUT2D eigenvalue weighted by Gasteiger charge is -2.01. The second-order valence-corrected chi connectivity index (χ2v) is 4.80. The first kappa shape index (κ1) is 13.4. The van der Waals surface area contributed by atoms with Crippen molar-refractivity contribution in [2.45, 2.75) is 11.3 Å². The fraction of sp³-hybridized carbons (Fsp3) is 0.250. The minimum Gasteiger partial charge on any atom is -0.466 e. The minimum absolute atomic E-state index is 0.109. The van der Waals surface area contributed by atoms with Crippen molar-refractivity contribution < 1.29 is 9.53 Å². The summed E-state index contributed by atoms with van der Waals surface area (Å²) in [5.74, 6) is 0.898. The van der Waals surface area contributed by atoms with E-state index in [9.17, 15) is 4.79 Å². The molecule has 0 bridgehead atoms. The SMILES string of the molecule is COc1n[nH]c(NC(=O)CCSc2ccccc2)n1. The van der Waals surface area contributed by atoms with Gasteiger partial charge in [-0.05, 0) is 12.1 Å². The van der Waals surface area contributed by atoms with E-state index in [1.807, 2.05) is 30.3 Å². The first-order chi connectivity index (χ1) is 9.28. The number of rotatable bonds is 6. The third-order valence-electron chi connectivity index (χ3n) is 2.25. The minimum atomic E-state index is -0.109. The Morgan fingerprint density at radius 2 is 2.21 bits per heavy atom. The summed E-state index contributed by atoms with van der Waals surface area (Å²) in [5.41, 5.74) is 0. The van der Waals surface area contributed by atoms with E-state index in [-0.39, 0.29) is 11.9 Å². The zero-order valence-electron chi connectivity index (χ0n) is 10.4. The molecule has 0 aliphatic rings. The van der Waals surface area contributed by atoms with Gasteiger partial charge in [-0.25, -0.2) is 5.10 Å². The summed E-state index contributed by atoms with van der Waals surface area (Å²) in [6.07, 6.45) is 0.405. The molecule has 2 aromatic rings. The van der Waals surface area contributed by atoms with Crippen LogP contribution in [0.5, 0.6) is 6.01 Å². The molecule has 0 atom stereocenters. The van der Waals surface area contributed by atoms with Gasteiger partial charge in [0, 0.05) is 17.1 Å². The molecular weight excluding hydrogens is 264 g/mol. The fourth-order valence-corrected chi connectivity index (χ4v) is 2.24. The van der Waals surface area contributed by atoms with E-state index in [4.69, 9.17) is 4.74 Å². The van der Waals surface area contributed by atoms with Gasteiger partial charge in [0.25, 0.3) is 0 Å². The summed E-state index contributed by atoms with van der Waals surface area (Å²) < 4.78 is 4.81. The molecule has 7 heteroatoms. The Kier molecular flexibility index (Phi) is 4.79. The Labute approximate surface area is 115 Å². The maximum Gasteiger partial charge on any atom is 0.336 e. The molecule has 6 nitrogen and oxygen atoms in total. The lowest BCUT2D eigenvalue weighted by molar-refractivity contribution is -0.115. The molecule has 0 fully saturated rings. The van der Waals surface area contributed by atoms with Gasteiger partial charge in [0.2, 0.25) is 11.9 Å². The number of hydrogen-bond acceptors (Lipinski definition) is 5. The summed E-state index contributed by atoms with van der Waals surface area (Å²) >= 11 is 1.64. The molecule has 0 unspecified atom stereocenters. The number of thioether (sulfide) groups is 1. The maximum atomic E-state index is 11.6. The number of nitrogens with zero attached hydrogens (tertiary/aromatic N) is 2. The molecule has 19 heavy (non-hydrogen) atoms. The van der Waals surface area contributed by atoms with Crippen molar-refractivity contribution in [3.05, 3.63) is 30.3 Å². The second-order valence-electron chi connectivity index (χ2n) is 3.63. The molecule has 0 saturated carbocycles. The molecule has 1 heterocycles. The van der Waals surface area contributed by atoms with Crippen LogP contribution < -0.4 is 10.1 Å². The monoisotopic (exact) mass is 278 g/mol. The zero-order valence-corrected chi connectivity index (χ0v) is 11.2. The molecule has 0 aliphatic carbocycles. The smallest absolute Gasteiger partial charge is 0.336 e. The zero-order chi connectivity index (χ0) is 13.5. The van der Waals surface area contributed by atoms with E-state index in [1.165, 1.54) is 7.11 Å². The van der Waals surface area contributed by atoms with Crippen LogP contribution in [0.4, 0.5) is 5.95 Å². The molecule has 1 amide bonds.